The molecule has 2 atom stereocenters. The summed E-state index contributed by atoms with van der Waals surface area (Å²) in [5, 5.41) is -0.275. The van der Waals surface area contributed by atoms with Gasteiger partial charge in [0.25, 0.3) is 0 Å². The fourth-order valence-electron chi connectivity index (χ4n) is 2.39. The van der Waals surface area contributed by atoms with Crippen LogP contribution in [-0.4, -0.2) is 31.0 Å². The quantitative estimate of drug-likeness (QED) is 0.900. The minimum Gasteiger partial charge on any atom is -0.489 e. The minimum absolute atomic E-state index is 0.0426. The molecule has 1 fully saturated rings. The van der Waals surface area contributed by atoms with Gasteiger partial charge in [0, 0.05) is 19.2 Å². The molecule has 19 heavy (non-hydrogen) atoms. The molecule has 0 aromatic carbocycles. The molecule has 1 aromatic heterocycles. The maximum Gasteiger partial charge on any atom is 0.150 e. The van der Waals surface area contributed by atoms with Gasteiger partial charge >= 0.3 is 0 Å². The van der Waals surface area contributed by atoms with Crippen molar-refractivity contribution in [3.63, 3.8) is 0 Å². The molecule has 0 spiro atoms. The van der Waals surface area contributed by atoms with Crippen molar-refractivity contribution in [3.05, 3.63) is 24.0 Å². The Morgan fingerprint density at radius 1 is 1.42 bits per heavy atom. The molecule has 1 aromatic rings. The average Bonchev–Trinajstić information content (AvgIpc) is 2.39. The summed E-state index contributed by atoms with van der Waals surface area (Å²) in [5.41, 5.74) is 6.29. The molecule has 0 saturated heterocycles. The molecule has 2 N–H and O–H groups in total. The van der Waals surface area contributed by atoms with Gasteiger partial charge in [-0.2, -0.15) is 0 Å². The van der Waals surface area contributed by atoms with Crippen molar-refractivity contribution in [3.8, 4) is 5.75 Å². The maximum absolute atomic E-state index is 11.6. The van der Waals surface area contributed by atoms with Gasteiger partial charge in [-0.1, -0.05) is 0 Å². The molecular weight excluding hydrogens is 264 g/mol. The minimum atomic E-state index is -2.97. The summed E-state index contributed by atoms with van der Waals surface area (Å²) < 4.78 is 29.0. The number of pyridine rings is 1. The summed E-state index contributed by atoms with van der Waals surface area (Å²) in [5.74, 6) is 0.677. The van der Waals surface area contributed by atoms with Crippen LogP contribution in [0.2, 0.25) is 0 Å². The lowest BCUT2D eigenvalue weighted by atomic mass is 9.97. The van der Waals surface area contributed by atoms with Crippen LogP contribution in [0, 0.1) is 0 Å². The summed E-state index contributed by atoms with van der Waals surface area (Å²) in [6.07, 6.45) is 5.99. The second-order valence-corrected chi connectivity index (χ2v) is 7.37. The Labute approximate surface area is 114 Å². The Morgan fingerprint density at radius 3 is 2.79 bits per heavy atom. The first-order chi connectivity index (χ1) is 8.99. The molecule has 106 valence electrons. The van der Waals surface area contributed by atoms with Gasteiger partial charge in [0.1, 0.15) is 21.7 Å². The fraction of sp³-hybridized carbons (Fsp3) is 0.615. The first-order valence-corrected chi connectivity index (χ1v) is 8.45. The number of nitrogens with two attached hydrogens (primary N) is 1. The van der Waals surface area contributed by atoms with E-state index in [-0.39, 0.29) is 11.4 Å². The monoisotopic (exact) mass is 284 g/mol. The number of ether oxygens (including phenoxy) is 1. The Balaban J connectivity index is 1.98. The first kappa shape index (κ1) is 14.3. The molecule has 0 bridgehead atoms. The topological polar surface area (TPSA) is 82.3 Å². The van der Waals surface area contributed by atoms with Crippen LogP contribution in [0.25, 0.3) is 0 Å². The van der Waals surface area contributed by atoms with E-state index in [2.05, 4.69) is 4.98 Å². The van der Waals surface area contributed by atoms with Crippen LogP contribution in [0.5, 0.6) is 5.75 Å². The Hall–Kier alpha value is -1.14. The Morgan fingerprint density at radius 2 is 2.21 bits per heavy atom. The number of hydrogen-bond acceptors (Lipinski definition) is 5. The number of nitrogens with zero attached hydrogens (tertiary/aromatic N) is 1. The van der Waals surface area contributed by atoms with Crippen LogP contribution in [0.3, 0.4) is 0 Å². The van der Waals surface area contributed by atoms with Gasteiger partial charge in [-0.05, 0) is 31.4 Å². The van der Waals surface area contributed by atoms with E-state index in [0.717, 1.165) is 25.0 Å². The second kappa shape index (κ2) is 5.88. The van der Waals surface area contributed by atoms with E-state index in [9.17, 15) is 8.42 Å². The second-order valence-electron chi connectivity index (χ2n) is 5.05. The van der Waals surface area contributed by atoms with E-state index in [1.165, 1.54) is 6.26 Å². The summed E-state index contributed by atoms with van der Waals surface area (Å²) in [6, 6.07) is 3.66. The standard InChI is InChI=1S/C13H20N2O3S/c1-19(16,17)13-4-2-3-11(7-13)18-12-6-5-10(8-14)15-9-12/h5-6,9,11,13H,2-4,7-8,14H2,1H3. The van der Waals surface area contributed by atoms with E-state index in [4.69, 9.17) is 10.5 Å². The third-order valence-corrected chi connectivity index (χ3v) is 5.13. The van der Waals surface area contributed by atoms with Crippen LogP contribution < -0.4 is 10.5 Å². The SMILES string of the molecule is CS(=O)(=O)C1CCCC(Oc2ccc(CN)nc2)C1. The van der Waals surface area contributed by atoms with Crippen molar-refractivity contribution in [2.45, 2.75) is 43.6 Å². The highest BCUT2D eigenvalue weighted by atomic mass is 32.2. The van der Waals surface area contributed by atoms with Gasteiger partial charge in [-0.3, -0.25) is 4.98 Å². The van der Waals surface area contributed by atoms with E-state index in [0.29, 0.717) is 18.7 Å². The van der Waals surface area contributed by atoms with Gasteiger partial charge in [0.2, 0.25) is 0 Å². The molecule has 0 amide bonds. The van der Waals surface area contributed by atoms with Gasteiger partial charge in [-0.25, -0.2) is 8.42 Å². The van der Waals surface area contributed by atoms with Crippen molar-refractivity contribution in [1.29, 1.82) is 0 Å². The smallest absolute Gasteiger partial charge is 0.150 e. The molecule has 1 aliphatic carbocycles. The van der Waals surface area contributed by atoms with Crippen molar-refractivity contribution >= 4 is 9.84 Å². The van der Waals surface area contributed by atoms with Crippen molar-refractivity contribution in [2.75, 3.05) is 6.26 Å². The zero-order valence-corrected chi connectivity index (χ0v) is 11.9. The highest BCUT2D eigenvalue weighted by molar-refractivity contribution is 7.91. The lowest BCUT2D eigenvalue weighted by molar-refractivity contribution is 0.155. The molecule has 0 radical (unpaired) electrons. The molecule has 0 aliphatic heterocycles. The number of rotatable bonds is 4. The third kappa shape index (κ3) is 3.91. The molecule has 2 unspecified atom stereocenters. The highest BCUT2D eigenvalue weighted by Crippen LogP contribution is 2.27. The predicted octanol–water partition coefficient (Wildman–Crippen LogP) is 1.27. The summed E-state index contributed by atoms with van der Waals surface area (Å²) in [6.45, 7) is 0.403. The zero-order chi connectivity index (χ0) is 13.9. The number of aromatic nitrogens is 1. The zero-order valence-electron chi connectivity index (χ0n) is 11.1. The molecule has 1 saturated carbocycles. The molecule has 6 heteroatoms. The Kier molecular flexibility index (Phi) is 4.42. The van der Waals surface area contributed by atoms with Crippen LogP contribution in [0.4, 0.5) is 0 Å². The number of hydrogen-bond donors (Lipinski definition) is 1. The molecule has 2 rings (SSSR count). The normalized spacial score (nSPS) is 24.1. The summed E-state index contributed by atoms with van der Waals surface area (Å²) >= 11 is 0. The van der Waals surface area contributed by atoms with Crippen molar-refractivity contribution in [2.24, 2.45) is 5.73 Å². The molecule has 1 heterocycles. The van der Waals surface area contributed by atoms with Gasteiger partial charge in [-0.15, -0.1) is 0 Å². The van der Waals surface area contributed by atoms with Gasteiger partial charge in [0.15, 0.2) is 0 Å². The molecular formula is C13H20N2O3S. The van der Waals surface area contributed by atoms with Crippen molar-refractivity contribution in [1.82, 2.24) is 4.98 Å². The van der Waals surface area contributed by atoms with Gasteiger partial charge in [0.05, 0.1) is 17.1 Å². The van der Waals surface area contributed by atoms with Gasteiger partial charge < -0.3 is 10.5 Å². The largest absolute Gasteiger partial charge is 0.489 e. The predicted molar refractivity (Wildman–Crippen MR) is 73.6 cm³/mol. The van der Waals surface area contributed by atoms with Crippen LogP contribution in [0.15, 0.2) is 18.3 Å². The van der Waals surface area contributed by atoms with Crippen LogP contribution in [-0.2, 0) is 16.4 Å². The van der Waals surface area contributed by atoms with Crippen LogP contribution >= 0.6 is 0 Å². The maximum atomic E-state index is 11.6. The lowest BCUT2D eigenvalue weighted by Gasteiger charge is -2.28. The summed E-state index contributed by atoms with van der Waals surface area (Å²) in [7, 11) is -2.97. The van der Waals surface area contributed by atoms with E-state index < -0.39 is 9.84 Å². The first-order valence-electron chi connectivity index (χ1n) is 6.49. The fourth-order valence-corrected chi connectivity index (χ4v) is 3.55. The Bertz CT molecular complexity index is 513. The van der Waals surface area contributed by atoms with Crippen LogP contribution in [0.1, 0.15) is 31.4 Å². The number of sulfone groups is 1. The van der Waals surface area contributed by atoms with E-state index >= 15 is 0 Å². The highest BCUT2D eigenvalue weighted by Gasteiger charge is 2.29. The van der Waals surface area contributed by atoms with Crippen molar-refractivity contribution < 1.29 is 13.2 Å². The lowest BCUT2D eigenvalue weighted by Crippen LogP contribution is -2.33. The van der Waals surface area contributed by atoms with E-state index in [1.54, 1.807) is 6.20 Å². The molecule has 1 aliphatic rings. The summed E-state index contributed by atoms with van der Waals surface area (Å²) in [4.78, 5) is 4.16. The third-order valence-electron chi connectivity index (χ3n) is 3.49. The molecule has 5 nitrogen and oxygen atoms in total. The average molecular weight is 284 g/mol. The van der Waals surface area contributed by atoms with E-state index in [1.807, 2.05) is 12.1 Å².